The molecule has 2 rings (SSSR count). The fourth-order valence-corrected chi connectivity index (χ4v) is 2.61. The zero-order chi connectivity index (χ0) is 14.3. The van der Waals surface area contributed by atoms with E-state index >= 15 is 0 Å². The highest BCUT2D eigenvalue weighted by Gasteiger charge is 2.56. The maximum Gasteiger partial charge on any atom is 0.461 e. The zero-order valence-electron chi connectivity index (χ0n) is 12.4. The number of esters is 1. The number of carbonyl (C=O) groups is 1. The van der Waals surface area contributed by atoms with E-state index in [2.05, 4.69) is 0 Å². The van der Waals surface area contributed by atoms with Gasteiger partial charge in [0.25, 0.3) is 0 Å². The Hall–Kier alpha value is -0.585. The largest absolute Gasteiger partial charge is 0.467 e. The van der Waals surface area contributed by atoms with Crippen LogP contribution in [0.3, 0.4) is 0 Å². The van der Waals surface area contributed by atoms with Gasteiger partial charge in [-0.25, -0.2) is 4.79 Å². The van der Waals surface area contributed by atoms with E-state index in [-0.39, 0.29) is 5.97 Å². The Morgan fingerprint density at radius 1 is 1.21 bits per heavy atom. The van der Waals surface area contributed by atoms with E-state index in [1.54, 1.807) is 0 Å². The van der Waals surface area contributed by atoms with Crippen molar-refractivity contribution in [2.75, 3.05) is 13.7 Å². The molecule has 5 nitrogen and oxygen atoms in total. The van der Waals surface area contributed by atoms with E-state index in [0.717, 1.165) is 6.42 Å². The first kappa shape index (κ1) is 14.8. The summed E-state index contributed by atoms with van der Waals surface area (Å²) in [5, 5.41) is 0. The molecule has 0 aromatic carbocycles. The molecule has 0 radical (unpaired) electrons. The molecule has 1 unspecified atom stereocenters. The first-order valence-corrected chi connectivity index (χ1v) is 6.80. The number of carbonyl (C=O) groups excluding carboxylic acids is 1. The van der Waals surface area contributed by atoms with Crippen LogP contribution in [0.25, 0.3) is 0 Å². The molecule has 108 valence electrons. The first-order valence-electron chi connectivity index (χ1n) is 6.80. The molecule has 19 heavy (non-hydrogen) atoms. The quantitative estimate of drug-likeness (QED) is 0.578. The lowest BCUT2D eigenvalue weighted by Crippen LogP contribution is -2.43. The van der Waals surface area contributed by atoms with Crippen molar-refractivity contribution in [3.63, 3.8) is 0 Å². The number of methoxy groups -OCH3 is 1. The van der Waals surface area contributed by atoms with Gasteiger partial charge in [0.2, 0.25) is 0 Å². The van der Waals surface area contributed by atoms with Gasteiger partial charge in [0.05, 0.1) is 18.3 Å². The lowest BCUT2D eigenvalue weighted by molar-refractivity contribution is -0.162. The van der Waals surface area contributed by atoms with Crippen molar-refractivity contribution in [2.45, 2.75) is 63.7 Å². The van der Waals surface area contributed by atoms with Crippen molar-refractivity contribution in [1.29, 1.82) is 0 Å². The molecule has 0 aromatic heterocycles. The van der Waals surface area contributed by atoms with E-state index in [4.69, 9.17) is 18.8 Å². The van der Waals surface area contributed by atoms with Crippen molar-refractivity contribution in [2.24, 2.45) is 0 Å². The second-order valence-corrected chi connectivity index (χ2v) is 6.33. The van der Waals surface area contributed by atoms with E-state index < -0.39 is 23.9 Å². The summed E-state index contributed by atoms with van der Waals surface area (Å²) in [7, 11) is 0.943. The molecule has 0 aliphatic carbocycles. The van der Waals surface area contributed by atoms with Crippen molar-refractivity contribution in [3.8, 4) is 0 Å². The molecule has 2 aliphatic heterocycles. The maximum absolute atomic E-state index is 12.0. The van der Waals surface area contributed by atoms with Crippen molar-refractivity contribution >= 4 is 13.1 Å². The average molecular weight is 270 g/mol. The van der Waals surface area contributed by atoms with Gasteiger partial charge >= 0.3 is 13.1 Å². The fourth-order valence-electron chi connectivity index (χ4n) is 2.61. The molecule has 2 heterocycles. The molecule has 0 saturated carbocycles. The van der Waals surface area contributed by atoms with E-state index in [1.165, 1.54) is 7.11 Å². The molecular formula is C13H23BO5. The Morgan fingerprint density at radius 3 is 2.21 bits per heavy atom. The van der Waals surface area contributed by atoms with E-state index in [0.29, 0.717) is 19.3 Å². The van der Waals surface area contributed by atoms with Crippen LogP contribution in [0.15, 0.2) is 0 Å². The number of rotatable bonds is 3. The molecule has 2 saturated heterocycles. The normalized spacial score (nSPS) is 32.6. The van der Waals surface area contributed by atoms with Gasteiger partial charge in [-0.15, -0.1) is 0 Å². The molecule has 0 amide bonds. The summed E-state index contributed by atoms with van der Waals surface area (Å²) in [6.45, 7) is 8.55. The van der Waals surface area contributed by atoms with Crippen LogP contribution in [0.5, 0.6) is 0 Å². The molecule has 0 spiro atoms. The second-order valence-electron chi connectivity index (χ2n) is 6.33. The SMILES string of the molecule is COC(=O)C1(CB2OC(C)(C)C(C)(C)O2)CCCO1. The molecule has 0 bridgehead atoms. The molecule has 1 atom stereocenters. The standard InChI is InChI=1S/C13H23BO5/c1-11(2)12(3,4)19-14(18-11)9-13(10(15)16-5)7-6-8-17-13/h6-9H2,1-5H3. The summed E-state index contributed by atoms with van der Waals surface area (Å²) in [6.07, 6.45) is 1.89. The van der Waals surface area contributed by atoms with Gasteiger partial charge in [0.1, 0.15) is 0 Å². The summed E-state index contributed by atoms with van der Waals surface area (Å²) in [5.74, 6) is -0.334. The van der Waals surface area contributed by atoms with Crippen LogP contribution in [-0.2, 0) is 23.6 Å². The van der Waals surface area contributed by atoms with Gasteiger partial charge in [-0.2, -0.15) is 0 Å². The Labute approximate surface area is 115 Å². The van der Waals surface area contributed by atoms with Gasteiger partial charge in [0.15, 0.2) is 5.60 Å². The number of ether oxygens (including phenoxy) is 2. The van der Waals surface area contributed by atoms with Crippen LogP contribution < -0.4 is 0 Å². The molecule has 0 N–H and O–H groups in total. The van der Waals surface area contributed by atoms with Gasteiger partial charge in [0, 0.05) is 12.9 Å². The number of hydrogen-bond acceptors (Lipinski definition) is 5. The van der Waals surface area contributed by atoms with Crippen LogP contribution in [-0.4, -0.2) is 43.6 Å². The summed E-state index contributed by atoms with van der Waals surface area (Å²) in [6, 6.07) is 0. The minimum absolute atomic E-state index is 0.334. The van der Waals surface area contributed by atoms with Gasteiger partial charge < -0.3 is 18.8 Å². The minimum Gasteiger partial charge on any atom is -0.467 e. The third-order valence-corrected chi connectivity index (χ3v) is 4.46. The summed E-state index contributed by atoms with van der Waals surface area (Å²) in [5.41, 5.74) is -1.70. The fraction of sp³-hybridized carbons (Fsp3) is 0.923. The van der Waals surface area contributed by atoms with Crippen LogP contribution in [0.2, 0.25) is 6.32 Å². The monoisotopic (exact) mass is 270 g/mol. The van der Waals surface area contributed by atoms with E-state index in [9.17, 15) is 4.79 Å². The zero-order valence-corrected chi connectivity index (χ0v) is 12.4. The smallest absolute Gasteiger partial charge is 0.461 e. The predicted octanol–water partition coefficient (Wildman–Crippen LogP) is 1.80. The van der Waals surface area contributed by atoms with Crippen molar-refractivity contribution in [1.82, 2.24) is 0 Å². The third-order valence-electron chi connectivity index (χ3n) is 4.46. The van der Waals surface area contributed by atoms with Crippen LogP contribution >= 0.6 is 0 Å². The Morgan fingerprint density at radius 2 is 1.79 bits per heavy atom. The minimum atomic E-state index is -0.907. The third kappa shape index (κ3) is 2.53. The Balaban J connectivity index is 2.10. The molecule has 2 fully saturated rings. The van der Waals surface area contributed by atoms with E-state index in [1.807, 2.05) is 27.7 Å². The van der Waals surface area contributed by atoms with Crippen molar-refractivity contribution in [3.05, 3.63) is 0 Å². The summed E-state index contributed by atoms with van der Waals surface area (Å²) < 4.78 is 22.4. The van der Waals surface area contributed by atoms with Gasteiger partial charge in [-0.3, -0.25) is 0 Å². The Bertz CT molecular complexity index is 344. The highest BCUT2D eigenvalue weighted by atomic mass is 16.7. The predicted molar refractivity (Wildman–Crippen MR) is 70.8 cm³/mol. The summed E-state index contributed by atoms with van der Waals surface area (Å²) >= 11 is 0. The Kier molecular flexibility index (Phi) is 3.71. The van der Waals surface area contributed by atoms with Crippen molar-refractivity contribution < 1.29 is 23.6 Å². The molecule has 0 aromatic rings. The number of hydrogen-bond donors (Lipinski definition) is 0. The lowest BCUT2D eigenvalue weighted by atomic mass is 9.73. The lowest BCUT2D eigenvalue weighted by Gasteiger charge is -2.32. The first-order chi connectivity index (χ1) is 8.72. The summed E-state index contributed by atoms with van der Waals surface area (Å²) in [4.78, 5) is 12.0. The van der Waals surface area contributed by atoms with Gasteiger partial charge in [-0.05, 0) is 40.5 Å². The highest BCUT2D eigenvalue weighted by Crippen LogP contribution is 2.41. The van der Waals surface area contributed by atoms with Crippen LogP contribution in [0.1, 0.15) is 40.5 Å². The maximum atomic E-state index is 12.0. The van der Waals surface area contributed by atoms with Crippen LogP contribution in [0.4, 0.5) is 0 Å². The molecule has 2 aliphatic rings. The molecular weight excluding hydrogens is 247 g/mol. The molecule has 6 heteroatoms. The second kappa shape index (κ2) is 4.75. The van der Waals surface area contributed by atoms with Crippen LogP contribution in [0, 0.1) is 0 Å². The van der Waals surface area contributed by atoms with Gasteiger partial charge in [-0.1, -0.05) is 0 Å². The topological polar surface area (TPSA) is 54.0 Å². The average Bonchev–Trinajstić information content (AvgIpc) is 2.82. The highest BCUT2D eigenvalue weighted by molar-refractivity contribution is 6.46.